The van der Waals surface area contributed by atoms with Gasteiger partial charge in [0.2, 0.25) is 0 Å². The molecule has 11 rings (SSSR count). The van der Waals surface area contributed by atoms with Crippen LogP contribution in [0.2, 0.25) is 0 Å². The van der Waals surface area contributed by atoms with Gasteiger partial charge < -0.3 is 8.83 Å². The number of benzene rings is 9. The van der Waals surface area contributed by atoms with E-state index in [-0.39, 0.29) is 0 Å². The predicted octanol–water partition coefficient (Wildman–Crippen LogP) is 13.9. The van der Waals surface area contributed by atoms with E-state index in [2.05, 4.69) is 146 Å². The fraction of sp³-hybridized carbons (Fsp3) is 0. The summed E-state index contributed by atoms with van der Waals surface area (Å²) >= 11 is 0. The van der Waals surface area contributed by atoms with Gasteiger partial charge >= 0.3 is 0 Å². The molecule has 9 aromatic carbocycles. The lowest BCUT2D eigenvalue weighted by Crippen LogP contribution is -1.92. The van der Waals surface area contributed by atoms with E-state index in [1.807, 2.05) is 24.3 Å². The van der Waals surface area contributed by atoms with Gasteiger partial charge in [0.15, 0.2) is 0 Å². The van der Waals surface area contributed by atoms with E-state index < -0.39 is 0 Å². The molecule has 0 fully saturated rings. The lowest BCUT2D eigenvalue weighted by atomic mass is 9.83. The number of furan rings is 2. The third-order valence-corrected chi connectivity index (χ3v) is 10.4. The molecule has 0 saturated carbocycles. The topological polar surface area (TPSA) is 26.3 Å². The van der Waals surface area contributed by atoms with Crippen molar-refractivity contribution in [3.05, 3.63) is 170 Å². The van der Waals surface area contributed by atoms with Gasteiger partial charge in [0.1, 0.15) is 22.5 Å². The Labute approximate surface area is 287 Å². The fourth-order valence-electron chi connectivity index (χ4n) is 8.31. The highest BCUT2D eigenvalue weighted by molar-refractivity contribution is 6.30. The first kappa shape index (κ1) is 27.3. The molecule has 2 heterocycles. The zero-order chi connectivity index (χ0) is 32.8. The summed E-state index contributed by atoms with van der Waals surface area (Å²) in [5.41, 5.74) is 8.34. The summed E-state index contributed by atoms with van der Waals surface area (Å²) in [5, 5.41) is 13.0. The van der Waals surface area contributed by atoms with Crippen molar-refractivity contribution in [2.75, 3.05) is 0 Å². The van der Waals surface area contributed by atoms with Crippen LogP contribution in [0.15, 0.2) is 179 Å². The normalized spacial score (nSPS) is 12.0. The molecule has 0 radical (unpaired) electrons. The molecule has 0 atom stereocenters. The monoisotopic (exact) mass is 636 g/mol. The zero-order valence-electron chi connectivity index (χ0n) is 27.0. The molecule has 0 N–H and O–H groups in total. The smallest absolute Gasteiger partial charge is 0.147 e. The summed E-state index contributed by atoms with van der Waals surface area (Å²) in [6, 6.07) is 60.7. The largest absolute Gasteiger partial charge is 0.456 e. The van der Waals surface area contributed by atoms with Crippen molar-refractivity contribution in [3.8, 4) is 33.6 Å². The van der Waals surface area contributed by atoms with Gasteiger partial charge in [0, 0.05) is 16.3 Å². The van der Waals surface area contributed by atoms with Gasteiger partial charge in [0.05, 0.1) is 5.39 Å². The van der Waals surface area contributed by atoms with Crippen LogP contribution >= 0.6 is 0 Å². The Morgan fingerprint density at radius 1 is 0.320 bits per heavy atom. The van der Waals surface area contributed by atoms with Crippen LogP contribution in [0.4, 0.5) is 0 Å². The van der Waals surface area contributed by atoms with Crippen molar-refractivity contribution < 1.29 is 8.83 Å². The van der Waals surface area contributed by atoms with E-state index in [0.717, 1.165) is 49.8 Å². The Kier molecular flexibility index (Phi) is 5.70. The SMILES string of the molecule is c1ccc(-c2cc3c(cc(-c4c5ccccc5c(-c5cc6ccccc6c6ccccc56)c5ccccc45)c4c5ccccc5oc34)o2)cc1. The van der Waals surface area contributed by atoms with Gasteiger partial charge in [-0.25, -0.2) is 0 Å². The molecule has 0 saturated heterocycles. The number of hydrogen-bond acceptors (Lipinski definition) is 2. The fourth-order valence-corrected chi connectivity index (χ4v) is 8.31. The number of para-hydroxylation sites is 1. The van der Waals surface area contributed by atoms with Gasteiger partial charge in [-0.1, -0.05) is 146 Å². The molecular formula is C48H28O2. The zero-order valence-corrected chi connectivity index (χ0v) is 27.0. The van der Waals surface area contributed by atoms with Crippen molar-refractivity contribution in [1.82, 2.24) is 0 Å². The molecule has 2 aromatic heterocycles. The Morgan fingerprint density at radius 2 is 0.860 bits per heavy atom. The Bertz CT molecular complexity index is 3080. The summed E-state index contributed by atoms with van der Waals surface area (Å²) in [6.45, 7) is 0. The van der Waals surface area contributed by atoms with E-state index in [0.29, 0.717) is 0 Å². The third kappa shape index (κ3) is 3.85. The number of rotatable bonds is 3. The lowest BCUT2D eigenvalue weighted by Gasteiger charge is -2.20. The van der Waals surface area contributed by atoms with Crippen molar-refractivity contribution in [1.29, 1.82) is 0 Å². The molecule has 2 heteroatoms. The van der Waals surface area contributed by atoms with E-state index in [1.165, 1.54) is 59.8 Å². The molecule has 0 unspecified atom stereocenters. The van der Waals surface area contributed by atoms with Crippen LogP contribution < -0.4 is 0 Å². The second kappa shape index (κ2) is 10.4. The first-order valence-electron chi connectivity index (χ1n) is 17.1. The van der Waals surface area contributed by atoms with Crippen LogP contribution in [0, 0.1) is 0 Å². The molecule has 0 amide bonds. The van der Waals surface area contributed by atoms with Crippen LogP contribution in [-0.2, 0) is 0 Å². The van der Waals surface area contributed by atoms with Gasteiger partial charge in [-0.05, 0) is 89.6 Å². The lowest BCUT2D eigenvalue weighted by molar-refractivity contribution is 0.631. The van der Waals surface area contributed by atoms with Crippen molar-refractivity contribution >= 4 is 76.0 Å². The second-order valence-corrected chi connectivity index (χ2v) is 13.1. The molecule has 0 aliphatic rings. The highest BCUT2D eigenvalue weighted by Crippen LogP contribution is 2.50. The maximum absolute atomic E-state index is 6.72. The summed E-state index contributed by atoms with van der Waals surface area (Å²) in [4.78, 5) is 0. The van der Waals surface area contributed by atoms with Crippen LogP contribution in [0.25, 0.3) is 110 Å². The standard InChI is InChI=1S/C48H28O2/c1-2-14-29(15-3-1)43-27-40-44(49-43)28-41(47-38-24-12-13-25-42(38)50-48(40)47)46-36-22-10-8-20-34(36)45(35-21-9-11-23-37(35)46)39-26-30-16-4-5-17-31(30)32-18-6-7-19-33(32)39/h1-28H. The highest BCUT2D eigenvalue weighted by atomic mass is 16.3. The summed E-state index contributed by atoms with van der Waals surface area (Å²) in [6.07, 6.45) is 0. The van der Waals surface area contributed by atoms with Crippen LogP contribution in [0.3, 0.4) is 0 Å². The van der Waals surface area contributed by atoms with Gasteiger partial charge in [-0.2, -0.15) is 0 Å². The van der Waals surface area contributed by atoms with Crippen molar-refractivity contribution in [2.45, 2.75) is 0 Å². The maximum atomic E-state index is 6.72. The number of fused-ring (bicyclic) bond motifs is 10. The van der Waals surface area contributed by atoms with E-state index >= 15 is 0 Å². The Balaban J connectivity index is 1.31. The van der Waals surface area contributed by atoms with E-state index in [4.69, 9.17) is 8.83 Å². The van der Waals surface area contributed by atoms with Gasteiger partial charge in [0.25, 0.3) is 0 Å². The molecule has 232 valence electrons. The van der Waals surface area contributed by atoms with Gasteiger partial charge in [-0.15, -0.1) is 0 Å². The molecular weight excluding hydrogens is 609 g/mol. The van der Waals surface area contributed by atoms with Crippen molar-refractivity contribution in [3.63, 3.8) is 0 Å². The minimum atomic E-state index is 0.808. The Hall–Kier alpha value is -6.64. The minimum Gasteiger partial charge on any atom is -0.456 e. The van der Waals surface area contributed by atoms with E-state index in [9.17, 15) is 0 Å². The molecule has 0 spiro atoms. The summed E-state index contributed by atoms with van der Waals surface area (Å²) in [5.74, 6) is 0.827. The Morgan fingerprint density at radius 3 is 1.56 bits per heavy atom. The van der Waals surface area contributed by atoms with Crippen LogP contribution in [0.5, 0.6) is 0 Å². The molecule has 2 nitrogen and oxygen atoms in total. The molecule has 0 aliphatic heterocycles. The highest BCUT2D eigenvalue weighted by Gasteiger charge is 2.24. The number of hydrogen-bond donors (Lipinski definition) is 0. The molecule has 0 aliphatic carbocycles. The maximum Gasteiger partial charge on any atom is 0.147 e. The first-order valence-corrected chi connectivity index (χ1v) is 17.1. The van der Waals surface area contributed by atoms with Gasteiger partial charge in [-0.3, -0.25) is 0 Å². The molecule has 50 heavy (non-hydrogen) atoms. The van der Waals surface area contributed by atoms with Crippen LogP contribution in [0.1, 0.15) is 0 Å². The molecule has 0 bridgehead atoms. The first-order chi connectivity index (χ1) is 24.8. The van der Waals surface area contributed by atoms with E-state index in [1.54, 1.807) is 0 Å². The quantitative estimate of drug-likeness (QED) is 0.142. The third-order valence-electron chi connectivity index (χ3n) is 10.4. The summed E-state index contributed by atoms with van der Waals surface area (Å²) in [7, 11) is 0. The average molecular weight is 637 g/mol. The average Bonchev–Trinajstić information content (AvgIpc) is 3.79. The predicted molar refractivity (Wildman–Crippen MR) is 210 cm³/mol. The minimum absolute atomic E-state index is 0.808. The second-order valence-electron chi connectivity index (χ2n) is 13.1. The van der Waals surface area contributed by atoms with Crippen molar-refractivity contribution in [2.24, 2.45) is 0 Å². The summed E-state index contributed by atoms with van der Waals surface area (Å²) < 4.78 is 13.4. The van der Waals surface area contributed by atoms with Crippen LogP contribution in [-0.4, -0.2) is 0 Å². The molecule has 11 aromatic rings.